The molecule has 0 heterocycles. The zero-order valence-corrected chi connectivity index (χ0v) is 14.7. The molecule has 0 aliphatic carbocycles. The van der Waals surface area contributed by atoms with Crippen LogP contribution in [0.25, 0.3) is 0 Å². The lowest BCUT2D eigenvalue weighted by molar-refractivity contribution is 0.310. The van der Waals surface area contributed by atoms with Gasteiger partial charge in [-0.3, -0.25) is 0 Å². The summed E-state index contributed by atoms with van der Waals surface area (Å²) in [5.74, 6) is 2.99. The number of ether oxygens (including phenoxy) is 4. The van der Waals surface area contributed by atoms with Crippen molar-refractivity contribution in [2.75, 3.05) is 27.9 Å². The predicted octanol–water partition coefficient (Wildman–Crippen LogP) is 3.40. The molecule has 0 aliphatic rings. The summed E-state index contributed by atoms with van der Waals surface area (Å²) in [5, 5.41) is 3.42. The molecule has 0 amide bonds. The molecule has 0 saturated heterocycles. The number of hydrogen-bond donors (Lipinski definition) is 1. The molecule has 0 atom stereocenters. The van der Waals surface area contributed by atoms with Gasteiger partial charge in [0.1, 0.15) is 0 Å². The third kappa shape index (κ3) is 4.55. The number of benzene rings is 2. The summed E-state index contributed by atoms with van der Waals surface area (Å²) in [7, 11) is 4.92. The molecule has 1 N–H and O–H groups in total. The van der Waals surface area contributed by atoms with Crippen molar-refractivity contribution in [1.82, 2.24) is 5.32 Å². The van der Waals surface area contributed by atoms with Crippen LogP contribution in [0.1, 0.15) is 18.1 Å². The second kappa shape index (κ2) is 9.03. The molecule has 5 heteroatoms. The molecule has 24 heavy (non-hydrogen) atoms. The molecule has 0 aromatic heterocycles. The fourth-order valence-corrected chi connectivity index (χ4v) is 2.44. The molecule has 5 nitrogen and oxygen atoms in total. The molecule has 0 saturated carbocycles. The Morgan fingerprint density at radius 1 is 0.708 bits per heavy atom. The highest BCUT2D eigenvalue weighted by atomic mass is 16.5. The normalized spacial score (nSPS) is 10.3. The van der Waals surface area contributed by atoms with Gasteiger partial charge in [0.15, 0.2) is 23.0 Å². The summed E-state index contributed by atoms with van der Waals surface area (Å²) in [6.07, 6.45) is 0. The monoisotopic (exact) mass is 331 g/mol. The second-order valence-corrected chi connectivity index (χ2v) is 5.21. The van der Waals surface area contributed by atoms with Gasteiger partial charge in [0.2, 0.25) is 0 Å². The molecule has 130 valence electrons. The van der Waals surface area contributed by atoms with Crippen LogP contribution in [0.3, 0.4) is 0 Å². The predicted molar refractivity (Wildman–Crippen MR) is 94.3 cm³/mol. The van der Waals surface area contributed by atoms with Gasteiger partial charge in [0.25, 0.3) is 0 Å². The Kier molecular flexibility index (Phi) is 6.75. The van der Waals surface area contributed by atoms with Crippen LogP contribution >= 0.6 is 0 Å². The Labute approximate surface area is 143 Å². The number of rotatable bonds is 9. The van der Waals surface area contributed by atoms with Crippen molar-refractivity contribution in [3.8, 4) is 23.0 Å². The van der Waals surface area contributed by atoms with Crippen LogP contribution in [-0.2, 0) is 13.1 Å². The van der Waals surface area contributed by atoms with Crippen molar-refractivity contribution in [1.29, 1.82) is 0 Å². The minimum Gasteiger partial charge on any atom is -0.493 e. The first-order chi connectivity index (χ1) is 11.7. The van der Waals surface area contributed by atoms with E-state index in [9.17, 15) is 0 Å². The van der Waals surface area contributed by atoms with Gasteiger partial charge in [-0.15, -0.1) is 0 Å². The lowest BCUT2D eigenvalue weighted by Crippen LogP contribution is -2.13. The first-order valence-electron chi connectivity index (χ1n) is 7.93. The standard InChI is InChI=1S/C19H25NO4/c1-5-24-19-11-15(7-9-17(19)22-3)13-20-12-14-6-8-16(21-2)18(10-14)23-4/h6-11,20H,5,12-13H2,1-4H3. The van der Waals surface area contributed by atoms with E-state index >= 15 is 0 Å². The summed E-state index contributed by atoms with van der Waals surface area (Å²) in [4.78, 5) is 0. The third-order valence-electron chi connectivity index (χ3n) is 3.63. The molecule has 2 rings (SSSR count). The first-order valence-corrected chi connectivity index (χ1v) is 7.93. The quantitative estimate of drug-likeness (QED) is 0.763. The van der Waals surface area contributed by atoms with Crippen molar-refractivity contribution < 1.29 is 18.9 Å². The zero-order valence-electron chi connectivity index (χ0n) is 14.7. The van der Waals surface area contributed by atoms with Gasteiger partial charge in [0, 0.05) is 13.1 Å². The second-order valence-electron chi connectivity index (χ2n) is 5.21. The maximum absolute atomic E-state index is 5.61. The van der Waals surface area contributed by atoms with E-state index in [0.717, 1.165) is 47.2 Å². The molecule has 0 radical (unpaired) electrons. The van der Waals surface area contributed by atoms with E-state index in [1.165, 1.54) is 0 Å². The van der Waals surface area contributed by atoms with Crippen LogP contribution in [0.15, 0.2) is 36.4 Å². The summed E-state index contributed by atoms with van der Waals surface area (Å²) in [6, 6.07) is 11.9. The third-order valence-corrected chi connectivity index (χ3v) is 3.63. The minimum absolute atomic E-state index is 0.610. The Morgan fingerprint density at radius 3 is 1.71 bits per heavy atom. The molecule has 0 bridgehead atoms. The van der Waals surface area contributed by atoms with Crippen molar-refractivity contribution in [2.45, 2.75) is 20.0 Å². The van der Waals surface area contributed by atoms with Crippen LogP contribution in [0.2, 0.25) is 0 Å². The summed E-state index contributed by atoms with van der Waals surface area (Å²) in [5.41, 5.74) is 2.27. The smallest absolute Gasteiger partial charge is 0.161 e. The Bertz CT molecular complexity index is 658. The molecule has 0 aliphatic heterocycles. The Balaban J connectivity index is 1.97. The largest absolute Gasteiger partial charge is 0.493 e. The van der Waals surface area contributed by atoms with Crippen molar-refractivity contribution in [2.24, 2.45) is 0 Å². The average molecular weight is 331 g/mol. The van der Waals surface area contributed by atoms with Crippen LogP contribution in [-0.4, -0.2) is 27.9 Å². The molecule has 2 aromatic rings. The lowest BCUT2D eigenvalue weighted by atomic mass is 10.1. The molecule has 0 unspecified atom stereocenters. The highest BCUT2D eigenvalue weighted by Crippen LogP contribution is 2.29. The van der Waals surface area contributed by atoms with Gasteiger partial charge in [-0.05, 0) is 42.3 Å². The van der Waals surface area contributed by atoms with Gasteiger partial charge >= 0.3 is 0 Å². The Hall–Kier alpha value is -2.40. The van der Waals surface area contributed by atoms with Crippen molar-refractivity contribution >= 4 is 0 Å². The van der Waals surface area contributed by atoms with Crippen molar-refractivity contribution in [3.05, 3.63) is 47.5 Å². The van der Waals surface area contributed by atoms with Crippen LogP contribution < -0.4 is 24.3 Å². The fourth-order valence-electron chi connectivity index (χ4n) is 2.44. The van der Waals surface area contributed by atoms with Crippen LogP contribution in [0, 0.1) is 0 Å². The molecular weight excluding hydrogens is 306 g/mol. The highest BCUT2D eigenvalue weighted by Gasteiger charge is 2.06. The van der Waals surface area contributed by atoms with E-state index in [0.29, 0.717) is 6.61 Å². The van der Waals surface area contributed by atoms with Gasteiger partial charge < -0.3 is 24.3 Å². The van der Waals surface area contributed by atoms with E-state index in [4.69, 9.17) is 18.9 Å². The first kappa shape index (κ1) is 17.9. The van der Waals surface area contributed by atoms with E-state index in [-0.39, 0.29) is 0 Å². The van der Waals surface area contributed by atoms with E-state index < -0.39 is 0 Å². The molecular formula is C19H25NO4. The van der Waals surface area contributed by atoms with E-state index in [1.807, 2.05) is 43.3 Å². The van der Waals surface area contributed by atoms with Crippen LogP contribution in [0.5, 0.6) is 23.0 Å². The summed E-state index contributed by atoms with van der Waals surface area (Å²) >= 11 is 0. The summed E-state index contributed by atoms with van der Waals surface area (Å²) in [6.45, 7) is 4.04. The minimum atomic E-state index is 0.610. The lowest BCUT2D eigenvalue weighted by Gasteiger charge is -2.12. The SMILES string of the molecule is CCOc1cc(CNCc2ccc(OC)c(OC)c2)ccc1OC. The summed E-state index contributed by atoms with van der Waals surface area (Å²) < 4.78 is 21.5. The van der Waals surface area contributed by atoms with E-state index in [2.05, 4.69) is 5.32 Å². The van der Waals surface area contributed by atoms with E-state index in [1.54, 1.807) is 21.3 Å². The average Bonchev–Trinajstić information content (AvgIpc) is 2.62. The highest BCUT2D eigenvalue weighted by molar-refractivity contribution is 5.44. The van der Waals surface area contributed by atoms with Gasteiger partial charge in [0.05, 0.1) is 27.9 Å². The van der Waals surface area contributed by atoms with Gasteiger partial charge in [-0.25, -0.2) is 0 Å². The maximum atomic E-state index is 5.61. The number of methoxy groups -OCH3 is 3. The topological polar surface area (TPSA) is 49.0 Å². The zero-order chi connectivity index (χ0) is 17.4. The van der Waals surface area contributed by atoms with Gasteiger partial charge in [-0.1, -0.05) is 12.1 Å². The van der Waals surface area contributed by atoms with Crippen LogP contribution in [0.4, 0.5) is 0 Å². The van der Waals surface area contributed by atoms with Gasteiger partial charge in [-0.2, -0.15) is 0 Å². The van der Waals surface area contributed by atoms with Crippen molar-refractivity contribution in [3.63, 3.8) is 0 Å². The molecule has 0 fully saturated rings. The maximum Gasteiger partial charge on any atom is 0.161 e. The number of nitrogens with one attached hydrogen (secondary N) is 1. The molecule has 0 spiro atoms. The Morgan fingerprint density at radius 2 is 1.21 bits per heavy atom. The fraction of sp³-hybridized carbons (Fsp3) is 0.368. The number of hydrogen-bond acceptors (Lipinski definition) is 5. The molecule has 2 aromatic carbocycles.